The van der Waals surface area contributed by atoms with Crippen molar-refractivity contribution in [1.29, 1.82) is 0 Å². The van der Waals surface area contributed by atoms with Crippen LogP contribution < -0.4 is 4.74 Å². The van der Waals surface area contributed by atoms with Crippen molar-refractivity contribution in [3.05, 3.63) is 24.3 Å². The van der Waals surface area contributed by atoms with Crippen molar-refractivity contribution in [2.24, 2.45) is 0 Å². The SMILES string of the molecule is CCCN(CCO)CCCCCCCCOc1ccccc1O. The van der Waals surface area contributed by atoms with Gasteiger partial charge >= 0.3 is 0 Å². The third kappa shape index (κ3) is 9.47. The van der Waals surface area contributed by atoms with Gasteiger partial charge in [0.1, 0.15) is 0 Å². The van der Waals surface area contributed by atoms with Gasteiger partial charge < -0.3 is 19.8 Å². The summed E-state index contributed by atoms with van der Waals surface area (Å²) in [4.78, 5) is 2.35. The van der Waals surface area contributed by atoms with E-state index < -0.39 is 0 Å². The summed E-state index contributed by atoms with van der Waals surface area (Å²) in [5, 5.41) is 18.6. The molecule has 23 heavy (non-hydrogen) atoms. The van der Waals surface area contributed by atoms with Gasteiger partial charge in [0.05, 0.1) is 13.2 Å². The second kappa shape index (κ2) is 13.2. The van der Waals surface area contributed by atoms with Crippen LogP contribution in [0.15, 0.2) is 24.3 Å². The number of aliphatic hydroxyl groups excluding tert-OH is 1. The average Bonchev–Trinajstić information content (AvgIpc) is 2.55. The van der Waals surface area contributed by atoms with Gasteiger partial charge in [0.25, 0.3) is 0 Å². The van der Waals surface area contributed by atoms with E-state index in [2.05, 4.69) is 11.8 Å². The van der Waals surface area contributed by atoms with Gasteiger partial charge in [0.2, 0.25) is 0 Å². The lowest BCUT2D eigenvalue weighted by atomic mass is 10.1. The normalized spacial score (nSPS) is 11.1. The van der Waals surface area contributed by atoms with Crippen molar-refractivity contribution >= 4 is 0 Å². The standard InChI is InChI=1S/C19H33NO3/c1-2-13-20(15-16-21)14-9-5-3-4-6-10-17-23-19-12-8-7-11-18(19)22/h7-8,11-12,21-22H,2-6,9-10,13-17H2,1H3. The van der Waals surface area contributed by atoms with Crippen molar-refractivity contribution in [3.63, 3.8) is 0 Å². The van der Waals surface area contributed by atoms with Gasteiger partial charge in [-0.2, -0.15) is 0 Å². The molecular formula is C19H33NO3. The highest BCUT2D eigenvalue weighted by Gasteiger charge is 2.02. The van der Waals surface area contributed by atoms with E-state index >= 15 is 0 Å². The lowest BCUT2D eigenvalue weighted by Crippen LogP contribution is -2.28. The van der Waals surface area contributed by atoms with Crippen LogP contribution in [-0.4, -0.2) is 48.0 Å². The zero-order chi connectivity index (χ0) is 16.8. The fourth-order valence-electron chi connectivity index (χ4n) is 2.70. The van der Waals surface area contributed by atoms with E-state index in [4.69, 9.17) is 9.84 Å². The Hall–Kier alpha value is -1.26. The minimum atomic E-state index is 0.215. The second-order valence-electron chi connectivity index (χ2n) is 6.00. The van der Waals surface area contributed by atoms with Crippen molar-refractivity contribution in [2.45, 2.75) is 51.9 Å². The summed E-state index contributed by atoms with van der Waals surface area (Å²) in [5.41, 5.74) is 0. The molecule has 0 fully saturated rings. The van der Waals surface area contributed by atoms with Crippen molar-refractivity contribution < 1.29 is 14.9 Å². The first-order chi connectivity index (χ1) is 11.3. The Morgan fingerprint density at radius 2 is 1.61 bits per heavy atom. The van der Waals surface area contributed by atoms with Crippen molar-refractivity contribution in [3.8, 4) is 11.5 Å². The number of phenols is 1. The minimum Gasteiger partial charge on any atom is -0.504 e. The number of aliphatic hydroxyl groups is 1. The first kappa shape index (κ1) is 19.8. The molecule has 0 aliphatic rings. The van der Waals surface area contributed by atoms with Crippen LogP contribution in [-0.2, 0) is 0 Å². The van der Waals surface area contributed by atoms with Crippen LogP contribution in [0.1, 0.15) is 51.9 Å². The van der Waals surface area contributed by atoms with Crippen molar-refractivity contribution in [2.75, 3.05) is 32.8 Å². The number of para-hydroxylation sites is 2. The number of benzene rings is 1. The summed E-state index contributed by atoms with van der Waals surface area (Å²) in [5.74, 6) is 0.791. The fourth-order valence-corrected chi connectivity index (χ4v) is 2.70. The summed E-state index contributed by atoms with van der Waals surface area (Å²) >= 11 is 0. The first-order valence-corrected chi connectivity index (χ1v) is 9.02. The molecule has 4 nitrogen and oxygen atoms in total. The number of unbranched alkanes of at least 4 members (excludes halogenated alkanes) is 5. The summed E-state index contributed by atoms with van der Waals surface area (Å²) in [6, 6.07) is 7.11. The van der Waals surface area contributed by atoms with Gasteiger partial charge in [-0.3, -0.25) is 0 Å². The molecule has 0 unspecified atom stereocenters. The first-order valence-electron chi connectivity index (χ1n) is 9.02. The highest BCUT2D eigenvalue weighted by Crippen LogP contribution is 2.24. The van der Waals surface area contributed by atoms with E-state index in [0.29, 0.717) is 12.4 Å². The second-order valence-corrected chi connectivity index (χ2v) is 6.00. The molecular weight excluding hydrogens is 290 g/mol. The van der Waals surface area contributed by atoms with Gasteiger partial charge in [0, 0.05) is 6.54 Å². The molecule has 0 bridgehead atoms. The average molecular weight is 323 g/mol. The van der Waals surface area contributed by atoms with E-state index in [9.17, 15) is 5.11 Å². The molecule has 2 N–H and O–H groups in total. The van der Waals surface area contributed by atoms with Crippen LogP contribution in [0.4, 0.5) is 0 Å². The topological polar surface area (TPSA) is 52.9 Å². The molecule has 0 amide bonds. The Kier molecular flexibility index (Phi) is 11.4. The number of nitrogens with zero attached hydrogens (tertiary/aromatic N) is 1. The van der Waals surface area contributed by atoms with Crippen LogP contribution in [0.2, 0.25) is 0 Å². The Morgan fingerprint density at radius 3 is 2.30 bits per heavy atom. The third-order valence-electron chi connectivity index (χ3n) is 3.95. The molecule has 0 aromatic heterocycles. The molecule has 1 rings (SSSR count). The van der Waals surface area contributed by atoms with E-state index in [1.54, 1.807) is 18.2 Å². The molecule has 1 aromatic rings. The van der Waals surface area contributed by atoms with Crippen LogP contribution in [0.5, 0.6) is 11.5 Å². The lowest BCUT2D eigenvalue weighted by molar-refractivity contribution is 0.193. The van der Waals surface area contributed by atoms with Crippen molar-refractivity contribution in [1.82, 2.24) is 4.90 Å². The Balaban J connectivity index is 1.94. The van der Waals surface area contributed by atoms with E-state index in [-0.39, 0.29) is 12.4 Å². The molecule has 0 heterocycles. The monoisotopic (exact) mass is 323 g/mol. The maximum absolute atomic E-state index is 9.59. The van der Waals surface area contributed by atoms with Gasteiger partial charge in [-0.15, -0.1) is 0 Å². The van der Waals surface area contributed by atoms with E-state index in [0.717, 1.165) is 32.5 Å². The Labute approximate surface area is 141 Å². The number of aromatic hydroxyl groups is 1. The third-order valence-corrected chi connectivity index (χ3v) is 3.95. The molecule has 0 saturated carbocycles. The summed E-state index contributed by atoms with van der Waals surface area (Å²) in [6.45, 7) is 6.10. The largest absolute Gasteiger partial charge is 0.504 e. The highest BCUT2D eigenvalue weighted by atomic mass is 16.5. The summed E-state index contributed by atoms with van der Waals surface area (Å²) in [7, 11) is 0. The Bertz CT molecular complexity index is 392. The predicted molar refractivity (Wildman–Crippen MR) is 95.1 cm³/mol. The lowest BCUT2D eigenvalue weighted by Gasteiger charge is -2.20. The van der Waals surface area contributed by atoms with Crippen LogP contribution >= 0.6 is 0 Å². The maximum atomic E-state index is 9.59. The number of phenolic OH excluding ortho intramolecular Hbond substituents is 1. The molecule has 0 saturated heterocycles. The van der Waals surface area contributed by atoms with Crippen LogP contribution in [0.25, 0.3) is 0 Å². The molecule has 0 spiro atoms. The van der Waals surface area contributed by atoms with Gasteiger partial charge in [-0.25, -0.2) is 0 Å². The molecule has 0 radical (unpaired) electrons. The van der Waals surface area contributed by atoms with E-state index in [1.165, 1.54) is 32.1 Å². The highest BCUT2D eigenvalue weighted by molar-refractivity contribution is 5.37. The molecule has 1 aromatic carbocycles. The minimum absolute atomic E-state index is 0.215. The summed E-state index contributed by atoms with van der Waals surface area (Å²) < 4.78 is 5.57. The molecule has 0 aliphatic carbocycles. The number of ether oxygens (including phenoxy) is 1. The van der Waals surface area contributed by atoms with E-state index in [1.807, 2.05) is 6.07 Å². The quantitative estimate of drug-likeness (QED) is 0.511. The van der Waals surface area contributed by atoms with Gasteiger partial charge in [-0.05, 0) is 44.5 Å². The predicted octanol–water partition coefficient (Wildman–Crippen LogP) is 3.82. The molecule has 4 heteroatoms. The van der Waals surface area contributed by atoms with Gasteiger partial charge in [-0.1, -0.05) is 44.7 Å². The van der Waals surface area contributed by atoms with Crippen LogP contribution in [0, 0.1) is 0 Å². The molecule has 132 valence electrons. The smallest absolute Gasteiger partial charge is 0.160 e. The fraction of sp³-hybridized carbons (Fsp3) is 0.684. The maximum Gasteiger partial charge on any atom is 0.160 e. The van der Waals surface area contributed by atoms with Gasteiger partial charge in [0.15, 0.2) is 11.5 Å². The number of hydrogen-bond donors (Lipinski definition) is 2. The number of rotatable bonds is 14. The Morgan fingerprint density at radius 1 is 0.913 bits per heavy atom. The number of hydrogen-bond acceptors (Lipinski definition) is 4. The zero-order valence-electron chi connectivity index (χ0n) is 14.5. The molecule has 0 atom stereocenters. The zero-order valence-corrected chi connectivity index (χ0v) is 14.5. The summed E-state index contributed by atoms with van der Waals surface area (Å²) in [6.07, 6.45) is 8.31. The van der Waals surface area contributed by atoms with Crippen LogP contribution in [0.3, 0.4) is 0 Å². The molecule has 0 aliphatic heterocycles.